The molecule has 0 saturated carbocycles. The van der Waals surface area contributed by atoms with Crippen molar-refractivity contribution in [2.45, 2.75) is 0 Å². The molecule has 1 aromatic carbocycles. The van der Waals surface area contributed by atoms with Crippen LogP contribution in [0.4, 0.5) is 4.39 Å². The van der Waals surface area contributed by atoms with Crippen LogP contribution in [0.1, 0.15) is 0 Å². The quantitative estimate of drug-likeness (QED) is 0.194. The van der Waals surface area contributed by atoms with Crippen LogP contribution in [0.2, 0.25) is 25.1 Å². The zero-order valence-corrected chi connectivity index (χ0v) is 14.7. The fourth-order valence-electron chi connectivity index (χ4n) is 1.42. The molecule has 100 valence electrons. The molecule has 1 nitrogen and oxygen atoms in total. The molecule has 0 spiro atoms. The molecule has 1 aromatic heterocycles. The highest BCUT2D eigenvalue weighted by Gasteiger charge is 2.21. The minimum atomic E-state index is -0.581. The van der Waals surface area contributed by atoms with Gasteiger partial charge in [0, 0.05) is 17.3 Å². The Balaban J connectivity index is 2.79. The summed E-state index contributed by atoms with van der Waals surface area (Å²) >= 11 is 31.9. The molecule has 2 rings (SSSR count). The number of nitrogens with zero attached hydrogens (tertiary/aromatic N) is 1. The Morgan fingerprint density at radius 3 is 1.84 bits per heavy atom. The lowest BCUT2D eigenvalue weighted by molar-refractivity contribution is 0.576. The SMILES string of the molecule is Fc1ncc(-c2c(Cl)c(Cl)c(Cl)c(Cl)c2Cl)cc1I. The van der Waals surface area contributed by atoms with Crippen LogP contribution < -0.4 is 0 Å². The molecule has 0 aliphatic heterocycles. The van der Waals surface area contributed by atoms with Crippen molar-refractivity contribution < 1.29 is 4.39 Å². The smallest absolute Gasteiger partial charge is 0.226 e. The van der Waals surface area contributed by atoms with Crippen molar-refractivity contribution in [3.63, 3.8) is 0 Å². The van der Waals surface area contributed by atoms with E-state index in [4.69, 9.17) is 58.0 Å². The zero-order valence-electron chi connectivity index (χ0n) is 8.75. The van der Waals surface area contributed by atoms with Crippen molar-refractivity contribution in [3.05, 3.63) is 46.9 Å². The van der Waals surface area contributed by atoms with Gasteiger partial charge < -0.3 is 0 Å². The first-order valence-corrected chi connectivity index (χ1v) is 7.64. The molecular weight excluding hydrogens is 469 g/mol. The van der Waals surface area contributed by atoms with Crippen LogP contribution in [-0.2, 0) is 0 Å². The molecule has 0 atom stereocenters. The summed E-state index contributed by atoms with van der Waals surface area (Å²) in [5.41, 5.74) is 0.870. The summed E-state index contributed by atoms with van der Waals surface area (Å²) in [6, 6.07) is 1.54. The average molecular weight is 471 g/mol. The molecule has 2 aromatic rings. The second-order valence-corrected chi connectivity index (χ2v) is 6.49. The maximum atomic E-state index is 13.2. The second-order valence-electron chi connectivity index (χ2n) is 3.44. The fraction of sp³-hybridized carbons (Fsp3) is 0. The van der Waals surface area contributed by atoms with Crippen molar-refractivity contribution in [1.82, 2.24) is 4.98 Å². The van der Waals surface area contributed by atoms with Gasteiger partial charge in [0.15, 0.2) is 0 Å². The van der Waals surface area contributed by atoms with Crippen LogP contribution in [0.3, 0.4) is 0 Å². The molecule has 0 saturated heterocycles. The predicted octanol–water partition coefficient (Wildman–Crippen LogP) is 6.76. The first-order valence-electron chi connectivity index (χ1n) is 4.67. The number of hydrogen-bond donors (Lipinski definition) is 0. The van der Waals surface area contributed by atoms with E-state index >= 15 is 0 Å². The highest BCUT2D eigenvalue weighted by atomic mass is 127. The molecule has 1 heterocycles. The number of hydrogen-bond acceptors (Lipinski definition) is 1. The standard InChI is InChI=1S/C11H2Cl5FIN/c12-6-5(3-1-4(18)11(17)19-2-3)7(13)9(15)10(16)8(6)14/h1-2H. The van der Waals surface area contributed by atoms with Gasteiger partial charge in [0.25, 0.3) is 0 Å². The number of halogens is 7. The monoisotopic (exact) mass is 469 g/mol. The van der Waals surface area contributed by atoms with Crippen LogP contribution in [0.5, 0.6) is 0 Å². The van der Waals surface area contributed by atoms with Gasteiger partial charge in [-0.3, -0.25) is 0 Å². The molecule has 0 aliphatic carbocycles. The largest absolute Gasteiger partial charge is 0.227 e. The van der Waals surface area contributed by atoms with E-state index in [1.807, 2.05) is 22.6 Å². The maximum absolute atomic E-state index is 13.2. The van der Waals surface area contributed by atoms with E-state index in [1.165, 1.54) is 12.3 Å². The predicted molar refractivity (Wildman–Crippen MR) is 87.4 cm³/mol. The lowest BCUT2D eigenvalue weighted by Gasteiger charge is -2.12. The van der Waals surface area contributed by atoms with Gasteiger partial charge in [-0.05, 0) is 28.7 Å². The number of aromatic nitrogens is 1. The molecule has 0 radical (unpaired) electrons. The molecule has 19 heavy (non-hydrogen) atoms. The summed E-state index contributed by atoms with van der Waals surface area (Å²) in [5, 5.41) is 0.543. The van der Waals surface area contributed by atoms with Gasteiger partial charge in [0.05, 0.1) is 28.7 Å². The van der Waals surface area contributed by atoms with Crippen molar-refractivity contribution >= 4 is 80.6 Å². The van der Waals surface area contributed by atoms with Gasteiger partial charge in [0.1, 0.15) is 0 Å². The zero-order chi connectivity index (χ0) is 14.3. The Labute approximate surface area is 147 Å². The Morgan fingerprint density at radius 2 is 1.37 bits per heavy atom. The molecule has 0 N–H and O–H groups in total. The normalized spacial score (nSPS) is 10.9. The summed E-state index contributed by atoms with van der Waals surface area (Å²) in [7, 11) is 0. The molecule has 0 fully saturated rings. The van der Waals surface area contributed by atoms with E-state index in [-0.39, 0.29) is 25.1 Å². The van der Waals surface area contributed by atoms with E-state index in [2.05, 4.69) is 4.98 Å². The second kappa shape index (κ2) is 6.08. The van der Waals surface area contributed by atoms with E-state index in [9.17, 15) is 4.39 Å². The third-order valence-corrected chi connectivity index (χ3v) is 5.33. The lowest BCUT2D eigenvalue weighted by atomic mass is 10.1. The third-order valence-electron chi connectivity index (χ3n) is 2.29. The molecular formula is C11H2Cl5FIN. The molecule has 0 amide bonds. The molecule has 0 unspecified atom stereocenters. The molecule has 0 bridgehead atoms. The number of rotatable bonds is 1. The summed E-state index contributed by atoms with van der Waals surface area (Å²) < 4.78 is 13.5. The Kier molecular flexibility index (Phi) is 5.07. The van der Waals surface area contributed by atoms with Crippen LogP contribution in [0, 0.1) is 9.52 Å². The van der Waals surface area contributed by atoms with E-state index in [1.54, 1.807) is 0 Å². The van der Waals surface area contributed by atoms with Crippen LogP contribution >= 0.6 is 80.6 Å². The van der Waals surface area contributed by atoms with Gasteiger partial charge >= 0.3 is 0 Å². The van der Waals surface area contributed by atoms with Gasteiger partial charge in [0.2, 0.25) is 5.95 Å². The topological polar surface area (TPSA) is 12.9 Å². The van der Waals surface area contributed by atoms with Gasteiger partial charge in [-0.1, -0.05) is 58.0 Å². The minimum Gasteiger partial charge on any atom is -0.227 e. The summed E-state index contributed by atoms with van der Waals surface area (Å²) in [4.78, 5) is 3.61. The van der Waals surface area contributed by atoms with E-state index in [0.29, 0.717) is 14.7 Å². The first-order chi connectivity index (χ1) is 8.84. The van der Waals surface area contributed by atoms with Crippen molar-refractivity contribution in [2.24, 2.45) is 0 Å². The highest BCUT2D eigenvalue weighted by molar-refractivity contribution is 14.1. The van der Waals surface area contributed by atoms with Crippen LogP contribution in [0.15, 0.2) is 12.3 Å². The van der Waals surface area contributed by atoms with Gasteiger partial charge in [-0.15, -0.1) is 0 Å². The van der Waals surface area contributed by atoms with Crippen LogP contribution in [0.25, 0.3) is 11.1 Å². The third kappa shape index (κ3) is 2.92. The summed E-state index contributed by atoms with van der Waals surface area (Å²) in [6.07, 6.45) is 1.30. The van der Waals surface area contributed by atoms with Crippen molar-refractivity contribution in [3.8, 4) is 11.1 Å². The lowest BCUT2D eigenvalue weighted by Crippen LogP contribution is -1.92. The van der Waals surface area contributed by atoms with Crippen molar-refractivity contribution in [2.75, 3.05) is 0 Å². The summed E-state index contributed by atoms with van der Waals surface area (Å²) in [5.74, 6) is -0.581. The first kappa shape index (κ1) is 15.9. The van der Waals surface area contributed by atoms with Crippen LogP contribution in [-0.4, -0.2) is 4.98 Å². The average Bonchev–Trinajstić information content (AvgIpc) is 2.38. The number of benzene rings is 1. The van der Waals surface area contributed by atoms with E-state index < -0.39 is 5.95 Å². The minimum absolute atomic E-state index is 0.0758. The van der Waals surface area contributed by atoms with E-state index in [0.717, 1.165) is 0 Å². The van der Waals surface area contributed by atoms with Crippen molar-refractivity contribution in [1.29, 1.82) is 0 Å². The number of pyridine rings is 1. The summed E-state index contributed by atoms with van der Waals surface area (Å²) in [6.45, 7) is 0. The van der Waals surface area contributed by atoms with Gasteiger partial charge in [-0.25, -0.2) is 4.98 Å². The van der Waals surface area contributed by atoms with Gasteiger partial charge in [-0.2, -0.15) is 4.39 Å². The Hall–Kier alpha value is 0.480. The molecule has 0 aliphatic rings. The molecule has 8 heteroatoms. The Morgan fingerprint density at radius 1 is 0.895 bits per heavy atom. The Bertz CT molecular complexity index is 648. The fourth-order valence-corrected chi connectivity index (χ4v) is 3.25. The highest BCUT2D eigenvalue weighted by Crippen LogP contribution is 2.48. The maximum Gasteiger partial charge on any atom is 0.226 e.